The molecule has 3 aliphatic rings. The maximum Gasteiger partial charge on any atom is 0.409 e. The van der Waals surface area contributed by atoms with E-state index in [0.29, 0.717) is 24.5 Å². The van der Waals surface area contributed by atoms with E-state index >= 15 is 0 Å². The SMILES string of the molecule is CC(C)CNC(C)C1CCCC2CN(C(=O)OCC3c4ccccc4-c4ccccc43)CCC21. The van der Waals surface area contributed by atoms with Crippen LogP contribution in [0.5, 0.6) is 0 Å². The minimum Gasteiger partial charge on any atom is -0.448 e. The molecule has 1 heterocycles. The third kappa shape index (κ3) is 4.62. The van der Waals surface area contributed by atoms with Gasteiger partial charge in [-0.2, -0.15) is 0 Å². The number of rotatable bonds is 6. The summed E-state index contributed by atoms with van der Waals surface area (Å²) in [5, 5.41) is 3.78. The molecule has 4 heteroatoms. The summed E-state index contributed by atoms with van der Waals surface area (Å²) in [6.07, 6.45) is 4.81. The molecule has 0 spiro atoms. The summed E-state index contributed by atoms with van der Waals surface area (Å²) in [4.78, 5) is 15.1. The molecular weight excluding hydrogens is 420 g/mol. The number of hydrogen-bond donors (Lipinski definition) is 1. The third-order valence-electron chi connectivity index (χ3n) is 8.54. The summed E-state index contributed by atoms with van der Waals surface area (Å²) in [7, 11) is 0. The average molecular weight is 461 g/mol. The van der Waals surface area contributed by atoms with Crippen molar-refractivity contribution in [1.82, 2.24) is 10.2 Å². The number of likely N-dealkylation sites (tertiary alicyclic amines) is 1. The number of hydrogen-bond acceptors (Lipinski definition) is 3. The molecule has 5 rings (SSSR count). The van der Waals surface area contributed by atoms with Gasteiger partial charge in [0.15, 0.2) is 0 Å². The van der Waals surface area contributed by atoms with Crippen LogP contribution in [0, 0.1) is 23.7 Å². The molecule has 1 saturated carbocycles. The lowest BCUT2D eigenvalue weighted by Gasteiger charge is -2.47. The topological polar surface area (TPSA) is 41.6 Å². The monoisotopic (exact) mass is 460 g/mol. The molecule has 2 aliphatic carbocycles. The van der Waals surface area contributed by atoms with Gasteiger partial charge in [0.2, 0.25) is 0 Å². The number of ether oxygens (including phenoxy) is 1. The first-order valence-electron chi connectivity index (χ1n) is 13.4. The highest BCUT2D eigenvalue weighted by Gasteiger charge is 2.41. The molecule has 34 heavy (non-hydrogen) atoms. The fraction of sp³-hybridized carbons (Fsp3) is 0.567. The molecular formula is C30H40N2O2. The molecule has 2 aromatic carbocycles. The zero-order chi connectivity index (χ0) is 23.7. The zero-order valence-electron chi connectivity index (χ0n) is 21.0. The molecule has 4 nitrogen and oxygen atoms in total. The maximum absolute atomic E-state index is 13.1. The second kappa shape index (κ2) is 10.1. The first-order valence-corrected chi connectivity index (χ1v) is 13.4. The van der Waals surface area contributed by atoms with Crippen molar-refractivity contribution in [3.63, 3.8) is 0 Å². The van der Waals surface area contributed by atoms with Crippen molar-refractivity contribution in [2.45, 2.75) is 58.4 Å². The van der Waals surface area contributed by atoms with Crippen LogP contribution in [0.4, 0.5) is 4.79 Å². The van der Waals surface area contributed by atoms with Gasteiger partial charge in [0, 0.05) is 25.0 Å². The molecule has 2 aromatic rings. The summed E-state index contributed by atoms with van der Waals surface area (Å²) in [6.45, 7) is 10.1. The average Bonchev–Trinajstić information content (AvgIpc) is 3.18. The Labute approximate surface area is 205 Å². The molecule has 0 bridgehead atoms. The minimum atomic E-state index is -0.131. The first kappa shape index (κ1) is 23.4. The van der Waals surface area contributed by atoms with Crippen molar-refractivity contribution in [1.29, 1.82) is 0 Å². The van der Waals surface area contributed by atoms with Crippen molar-refractivity contribution >= 4 is 6.09 Å². The smallest absolute Gasteiger partial charge is 0.409 e. The largest absolute Gasteiger partial charge is 0.448 e. The van der Waals surface area contributed by atoms with Crippen molar-refractivity contribution in [3.8, 4) is 11.1 Å². The summed E-state index contributed by atoms with van der Waals surface area (Å²) < 4.78 is 5.97. The van der Waals surface area contributed by atoms with E-state index in [0.717, 1.165) is 37.9 Å². The van der Waals surface area contributed by atoms with Crippen LogP contribution in [0.2, 0.25) is 0 Å². The van der Waals surface area contributed by atoms with Gasteiger partial charge in [-0.3, -0.25) is 0 Å². The Hall–Kier alpha value is -2.33. The number of amides is 1. The van der Waals surface area contributed by atoms with Crippen LogP contribution in [0.25, 0.3) is 11.1 Å². The molecule has 182 valence electrons. The van der Waals surface area contributed by atoms with Crippen LogP contribution >= 0.6 is 0 Å². The molecule has 1 N–H and O–H groups in total. The summed E-state index contributed by atoms with van der Waals surface area (Å²) in [5.41, 5.74) is 5.09. The highest BCUT2D eigenvalue weighted by atomic mass is 16.6. The summed E-state index contributed by atoms with van der Waals surface area (Å²) in [6, 6.07) is 17.6. The second-order valence-corrected chi connectivity index (χ2v) is 11.1. The first-order chi connectivity index (χ1) is 16.5. The standard InChI is InChI=1S/C30H40N2O2/c1-20(2)17-31-21(3)23-14-8-9-22-18-32(16-15-24(22)23)30(33)34-19-29-27-12-6-4-10-25(27)26-11-5-7-13-28(26)29/h4-7,10-13,20-24,29,31H,8-9,14-19H2,1-3H3. The van der Waals surface area contributed by atoms with Gasteiger partial charge >= 0.3 is 6.09 Å². The molecule has 4 unspecified atom stereocenters. The van der Waals surface area contributed by atoms with Gasteiger partial charge in [0.1, 0.15) is 6.61 Å². The number of carbonyl (C=O) groups excluding carboxylic acids is 1. The Morgan fingerprint density at radius 3 is 2.35 bits per heavy atom. The van der Waals surface area contributed by atoms with Crippen molar-refractivity contribution < 1.29 is 9.53 Å². The highest BCUT2D eigenvalue weighted by molar-refractivity contribution is 5.79. The number of fused-ring (bicyclic) bond motifs is 4. The maximum atomic E-state index is 13.1. The molecule has 1 aliphatic heterocycles. The van der Waals surface area contributed by atoms with Crippen molar-refractivity contribution in [3.05, 3.63) is 59.7 Å². The molecule has 2 fully saturated rings. The van der Waals surface area contributed by atoms with Crippen LogP contribution in [0.3, 0.4) is 0 Å². The Morgan fingerprint density at radius 2 is 1.68 bits per heavy atom. The Morgan fingerprint density at radius 1 is 1.00 bits per heavy atom. The Kier molecular flexibility index (Phi) is 6.96. The molecule has 1 saturated heterocycles. The van der Waals surface area contributed by atoms with Crippen LogP contribution in [0.15, 0.2) is 48.5 Å². The van der Waals surface area contributed by atoms with Gasteiger partial charge in [-0.1, -0.05) is 68.8 Å². The number of carbonyl (C=O) groups is 1. The lowest BCUT2D eigenvalue weighted by atomic mass is 9.66. The Bertz CT molecular complexity index is 957. The van der Waals surface area contributed by atoms with Gasteiger partial charge in [-0.05, 0) is 78.7 Å². The summed E-state index contributed by atoms with van der Waals surface area (Å²) >= 11 is 0. The summed E-state index contributed by atoms with van der Waals surface area (Å²) in [5.74, 6) is 2.86. The quantitative estimate of drug-likeness (QED) is 0.549. The molecule has 0 aromatic heterocycles. The lowest BCUT2D eigenvalue weighted by molar-refractivity contribution is 0.0244. The van der Waals surface area contributed by atoms with Crippen LogP contribution in [-0.4, -0.2) is 43.3 Å². The third-order valence-corrected chi connectivity index (χ3v) is 8.54. The van der Waals surface area contributed by atoms with E-state index in [9.17, 15) is 4.79 Å². The van der Waals surface area contributed by atoms with Gasteiger partial charge in [0.25, 0.3) is 0 Å². The lowest BCUT2D eigenvalue weighted by Crippen LogP contribution is -2.51. The Balaban J connectivity index is 1.20. The van der Waals surface area contributed by atoms with E-state index in [-0.39, 0.29) is 12.0 Å². The van der Waals surface area contributed by atoms with Gasteiger partial charge in [-0.25, -0.2) is 4.79 Å². The number of benzene rings is 2. The van der Waals surface area contributed by atoms with E-state index in [2.05, 4.69) is 74.6 Å². The normalized spacial score (nSPS) is 24.9. The van der Waals surface area contributed by atoms with Crippen molar-refractivity contribution in [2.75, 3.05) is 26.2 Å². The predicted octanol–water partition coefficient (Wildman–Crippen LogP) is 6.31. The number of piperidine rings is 1. The highest BCUT2D eigenvalue weighted by Crippen LogP contribution is 2.45. The molecule has 0 radical (unpaired) electrons. The number of nitrogens with zero attached hydrogens (tertiary/aromatic N) is 1. The molecule has 1 amide bonds. The fourth-order valence-electron chi connectivity index (χ4n) is 6.79. The molecule has 4 atom stereocenters. The van der Waals surface area contributed by atoms with Gasteiger partial charge in [-0.15, -0.1) is 0 Å². The van der Waals surface area contributed by atoms with E-state index in [1.54, 1.807) is 0 Å². The number of nitrogens with one attached hydrogen (secondary N) is 1. The van der Waals surface area contributed by atoms with E-state index < -0.39 is 0 Å². The van der Waals surface area contributed by atoms with Crippen LogP contribution in [0.1, 0.15) is 63.5 Å². The second-order valence-electron chi connectivity index (χ2n) is 11.1. The van der Waals surface area contributed by atoms with Gasteiger partial charge < -0.3 is 15.0 Å². The predicted molar refractivity (Wildman–Crippen MR) is 138 cm³/mol. The van der Waals surface area contributed by atoms with Crippen molar-refractivity contribution in [2.24, 2.45) is 23.7 Å². The minimum absolute atomic E-state index is 0.126. The zero-order valence-corrected chi connectivity index (χ0v) is 21.0. The van der Waals surface area contributed by atoms with E-state index in [1.807, 2.05) is 4.90 Å². The van der Waals surface area contributed by atoms with Crippen LogP contribution < -0.4 is 5.32 Å². The van der Waals surface area contributed by atoms with Crippen LogP contribution in [-0.2, 0) is 4.74 Å². The van der Waals surface area contributed by atoms with E-state index in [1.165, 1.54) is 41.5 Å². The van der Waals surface area contributed by atoms with E-state index in [4.69, 9.17) is 4.74 Å². The van der Waals surface area contributed by atoms with Gasteiger partial charge in [0.05, 0.1) is 0 Å². The fourth-order valence-corrected chi connectivity index (χ4v) is 6.79.